The normalized spacial score (nSPS) is 10.3. The fourth-order valence-electron chi connectivity index (χ4n) is 2.33. The smallest absolute Gasteiger partial charge is 0.249 e. The summed E-state index contributed by atoms with van der Waals surface area (Å²) in [4.78, 5) is 4.43. The topological polar surface area (TPSA) is 81.2 Å². The Hall–Kier alpha value is -3.06. The summed E-state index contributed by atoms with van der Waals surface area (Å²) in [6, 6.07) is 11.0. The van der Waals surface area contributed by atoms with E-state index in [-0.39, 0.29) is 0 Å². The van der Waals surface area contributed by atoms with Gasteiger partial charge < -0.3 is 20.1 Å². The SMILES string of the molecule is COc1ccc(OC)c(Nc2nncc(Nc3cccc(Cl)c3C)n2)c1. The van der Waals surface area contributed by atoms with Gasteiger partial charge in [-0.1, -0.05) is 17.7 Å². The molecule has 0 aliphatic carbocycles. The number of methoxy groups -OCH3 is 2. The predicted octanol–water partition coefficient (Wildman–Crippen LogP) is 4.34. The quantitative estimate of drug-likeness (QED) is 0.667. The van der Waals surface area contributed by atoms with Crippen LogP contribution < -0.4 is 20.1 Å². The molecular weight excluding hydrogens is 354 g/mol. The fraction of sp³-hybridized carbons (Fsp3) is 0.167. The summed E-state index contributed by atoms with van der Waals surface area (Å²) in [5, 5.41) is 15.0. The minimum atomic E-state index is 0.321. The largest absolute Gasteiger partial charge is 0.497 e. The second-order valence-electron chi connectivity index (χ2n) is 5.39. The third-order valence-corrected chi connectivity index (χ3v) is 4.15. The number of aromatic nitrogens is 3. The summed E-state index contributed by atoms with van der Waals surface area (Å²) in [6.07, 6.45) is 1.54. The molecule has 0 aliphatic heterocycles. The molecule has 3 aromatic rings. The van der Waals surface area contributed by atoms with Gasteiger partial charge in [-0.25, -0.2) is 0 Å². The number of halogens is 1. The van der Waals surface area contributed by atoms with Crippen LogP contribution in [0.15, 0.2) is 42.6 Å². The van der Waals surface area contributed by atoms with Crippen LogP contribution in [0.3, 0.4) is 0 Å². The Labute approximate surface area is 156 Å². The molecule has 0 aliphatic rings. The lowest BCUT2D eigenvalue weighted by Gasteiger charge is -2.13. The van der Waals surface area contributed by atoms with E-state index >= 15 is 0 Å². The van der Waals surface area contributed by atoms with Crippen molar-refractivity contribution in [3.05, 3.63) is 53.2 Å². The molecule has 0 saturated carbocycles. The van der Waals surface area contributed by atoms with Crippen LogP contribution in [0.5, 0.6) is 11.5 Å². The molecule has 0 fully saturated rings. The molecule has 134 valence electrons. The van der Waals surface area contributed by atoms with Crippen LogP contribution in [0, 0.1) is 6.92 Å². The van der Waals surface area contributed by atoms with Crippen molar-refractivity contribution in [2.75, 3.05) is 24.9 Å². The molecular formula is C18H18ClN5O2. The van der Waals surface area contributed by atoms with Crippen LogP contribution in [-0.2, 0) is 0 Å². The van der Waals surface area contributed by atoms with E-state index in [0.29, 0.717) is 34.0 Å². The number of hydrogen-bond acceptors (Lipinski definition) is 7. The van der Waals surface area contributed by atoms with Crippen LogP contribution in [0.1, 0.15) is 5.56 Å². The molecule has 1 heterocycles. The zero-order valence-corrected chi connectivity index (χ0v) is 15.3. The predicted molar refractivity (Wildman–Crippen MR) is 102 cm³/mol. The second kappa shape index (κ2) is 7.88. The van der Waals surface area contributed by atoms with Crippen molar-refractivity contribution < 1.29 is 9.47 Å². The van der Waals surface area contributed by atoms with Crippen LogP contribution in [0.4, 0.5) is 23.1 Å². The van der Waals surface area contributed by atoms with Crippen LogP contribution in [0.25, 0.3) is 0 Å². The number of nitrogens with zero attached hydrogens (tertiary/aromatic N) is 3. The van der Waals surface area contributed by atoms with E-state index in [2.05, 4.69) is 25.8 Å². The molecule has 8 heteroatoms. The highest BCUT2D eigenvalue weighted by atomic mass is 35.5. The Morgan fingerprint density at radius 2 is 1.85 bits per heavy atom. The number of nitrogens with one attached hydrogen (secondary N) is 2. The lowest BCUT2D eigenvalue weighted by molar-refractivity contribution is 0.405. The summed E-state index contributed by atoms with van der Waals surface area (Å²) in [7, 11) is 3.19. The van der Waals surface area contributed by atoms with Gasteiger partial charge in [0.05, 0.1) is 26.1 Å². The number of ether oxygens (including phenoxy) is 2. The van der Waals surface area contributed by atoms with E-state index in [1.165, 1.54) is 6.20 Å². The van der Waals surface area contributed by atoms with E-state index in [9.17, 15) is 0 Å². The third kappa shape index (κ3) is 3.94. The monoisotopic (exact) mass is 371 g/mol. The molecule has 26 heavy (non-hydrogen) atoms. The van der Waals surface area contributed by atoms with Gasteiger partial charge in [-0.05, 0) is 36.8 Å². The summed E-state index contributed by atoms with van der Waals surface area (Å²) in [5.74, 6) is 2.18. The highest BCUT2D eigenvalue weighted by Gasteiger charge is 2.09. The van der Waals surface area contributed by atoms with Crippen molar-refractivity contribution in [3.63, 3.8) is 0 Å². The summed E-state index contributed by atoms with van der Waals surface area (Å²) < 4.78 is 10.6. The maximum atomic E-state index is 6.15. The van der Waals surface area contributed by atoms with Crippen molar-refractivity contribution >= 4 is 34.7 Å². The molecule has 0 spiro atoms. The zero-order valence-electron chi connectivity index (χ0n) is 14.6. The Balaban J connectivity index is 1.85. The number of hydrogen-bond donors (Lipinski definition) is 2. The Morgan fingerprint density at radius 3 is 2.62 bits per heavy atom. The van der Waals surface area contributed by atoms with E-state index in [1.54, 1.807) is 26.4 Å². The molecule has 7 nitrogen and oxygen atoms in total. The minimum absolute atomic E-state index is 0.321. The molecule has 1 aromatic heterocycles. The Morgan fingerprint density at radius 1 is 1.00 bits per heavy atom. The first kappa shape index (κ1) is 17.8. The summed E-state index contributed by atoms with van der Waals surface area (Å²) in [5.41, 5.74) is 2.45. The average molecular weight is 372 g/mol. The van der Waals surface area contributed by atoms with Gasteiger partial charge in [0.1, 0.15) is 11.5 Å². The van der Waals surface area contributed by atoms with Crippen LogP contribution >= 0.6 is 11.6 Å². The third-order valence-electron chi connectivity index (χ3n) is 3.74. The van der Waals surface area contributed by atoms with E-state index in [4.69, 9.17) is 21.1 Å². The van der Waals surface area contributed by atoms with Crippen molar-refractivity contribution in [3.8, 4) is 11.5 Å². The lowest BCUT2D eigenvalue weighted by Crippen LogP contribution is -2.04. The Kier molecular flexibility index (Phi) is 5.38. The first-order valence-electron chi connectivity index (χ1n) is 7.81. The lowest BCUT2D eigenvalue weighted by atomic mass is 10.2. The molecule has 0 saturated heterocycles. The maximum absolute atomic E-state index is 6.15. The van der Waals surface area contributed by atoms with Crippen molar-refractivity contribution in [1.29, 1.82) is 0 Å². The zero-order chi connectivity index (χ0) is 18.5. The first-order valence-corrected chi connectivity index (χ1v) is 8.19. The summed E-state index contributed by atoms with van der Waals surface area (Å²) in [6.45, 7) is 1.93. The highest BCUT2D eigenvalue weighted by Crippen LogP contribution is 2.31. The van der Waals surface area contributed by atoms with Gasteiger partial charge in [0.25, 0.3) is 0 Å². The van der Waals surface area contributed by atoms with Gasteiger partial charge in [0.2, 0.25) is 5.95 Å². The van der Waals surface area contributed by atoms with Gasteiger partial charge in [0.15, 0.2) is 5.82 Å². The maximum Gasteiger partial charge on any atom is 0.249 e. The number of anilines is 4. The molecule has 0 bridgehead atoms. The fourth-order valence-corrected chi connectivity index (χ4v) is 2.50. The standard InChI is InChI=1S/C18H18ClN5O2/c1-11-13(19)5-4-6-14(11)21-17-10-20-24-18(23-17)22-15-9-12(25-2)7-8-16(15)26-3/h4-10H,1-3H3,(H2,21,22,23,24). The van der Waals surface area contributed by atoms with Gasteiger partial charge in [0, 0.05) is 16.8 Å². The second-order valence-corrected chi connectivity index (χ2v) is 5.80. The molecule has 0 radical (unpaired) electrons. The van der Waals surface area contributed by atoms with E-state index in [1.807, 2.05) is 31.2 Å². The van der Waals surface area contributed by atoms with E-state index < -0.39 is 0 Å². The average Bonchev–Trinajstić information content (AvgIpc) is 2.66. The van der Waals surface area contributed by atoms with Crippen LogP contribution in [0.2, 0.25) is 5.02 Å². The molecule has 0 unspecified atom stereocenters. The highest BCUT2D eigenvalue weighted by molar-refractivity contribution is 6.31. The molecule has 2 aromatic carbocycles. The molecule has 2 N–H and O–H groups in total. The van der Waals surface area contributed by atoms with Crippen LogP contribution in [-0.4, -0.2) is 29.4 Å². The minimum Gasteiger partial charge on any atom is -0.497 e. The van der Waals surface area contributed by atoms with Gasteiger partial charge in [-0.15, -0.1) is 5.10 Å². The summed E-state index contributed by atoms with van der Waals surface area (Å²) >= 11 is 6.15. The number of rotatable bonds is 6. The van der Waals surface area contributed by atoms with E-state index in [0.717, 1.165) is 11.3 Å². The molecule has 0 atom stereocenters. The van der Waals surface area contributed by atoms with Gasteiger partial charge in [-0.3, -0.25) is 0 Å². The van der Waals surface area contributed by atoms with Crippen molar-refractivity contribution in [2.24, 2.45) is 0 Å². The van der Waals surface area contributed by atoms with Gasteiger partial charge >= 0.3 is 0 Å². The van der Waals surface area contributed by atoms with Crippen molar-refractivity contribution in [2.45, 2.75) is 6.92 Å². The van der Waals surface area contributed by atoms with Crippen molar-refractivity contribution in [1.82, 2.24) is 15.2 Å². The number of benzene rings is 2. The Bertz CT molecular complexity index is 920. The van der Waals surface area contributed by atoms with Gasteiger partial charge in [-0.2, -0.15) is 10.1 Å². The molecule has 0 amide bonds. The molecule has 3 rings (SSSR count). The first-order chi connectivity index (χ1) is 12.6.